The number of nitrogens with one attached hydrogen (secondary N) is 1. The molecule has 2 fully saturated rings. The zero-order chi connectivity index (χ0) is 13.8. The van der Waals surface area contributed by atoms with E-state index in [9.17, 15) is 0 Å². The van der Waals surface area contributed by atoms with E-state index in [0.29, 0.717) is 12.1 Å². The van der Waals surface area contributed by atoms with E-state index in [4.69, 9.17) is 5.10 Å². The van der Waals surface area contributed by atoms with Crippen LogP contribution in [-0.4, -0.2) is 40.9 Å². The fourth-order valence-corrected chi connectivity index (χ4v) is 3.64. The van der Waals surface area contributed by atoms with Crippen LogP contribution in [0.2, 0.25) is 0 Å². The lowest BCUT2D eigenvalue weighted by Gasteiger charge is -2.22. The highest BCUT2D eigenvalue weighted by Gasteiger charge is 2.18. The molecule has 1 saturated heterocycles. The molecule has 1 atom stereocenters. The first-order valence-electron chi connectivity index (χ1n) is 8.27. The Hall–Kier alpha value is -0.870. The summed E-state index contributed by atoms with van der Waals surface area (Å²) in [6.45, 7) is 3.29. The lowest BCUT2D eigenvalue weighted by molar-refractivity contribution is 0.284. The van der Waals surface area contributed by atoms with Gasteiger partial charge in [-0.3, -0.25) is 9.58 Å². The van der Waals surface area contributed by atoms with Crippen molar-refractivity contribution < 1.29 is 0 Å². The molecule has 1 N–H and O–H groups in total. The van der Waals surface area contributed by atoms with Crippen LogP contribution in [-0.2, 0) is 6.54 Å². The fraction of sp³-hybridized carbons (Fsp3) is 0.812. The van der Waals surface area contributed by atoms with E-state index < -0.39 is 0 Å². The Morgan fingerprint density at radius 2 is 2.10 bits per heavy atom. The molecule has 0 amide bonds. The Bertz CT molecular complexity index is 402. The minimum atomic E-state index is 0.652. The van der Waals surface area contributed by atoms with E-state index in [1.165, 1.54) is 57.2 Å². The summed E-state index contributed by atoms with van der Waals surface area (Å²) in [5.41, 5.74) is 1.22. The standard InChI is InChI=1S/C16H28N4/c1-19(12-14-6-5-10-17-14)13-15-9-11-20(18-15)16-7-3-2-4-8-16/h9,11,14,16-17H,2-8,10,12-13H2,1H3. The molecule has 1 aliphatic heterocycles. The first kappa shape index (κ1) is 14.1. The zero-order valence-corrected chi connectivity index (χ0v) is 12.7. The fourth-order valence-electron chi connectivity index (χ4n) is 3.64. The maximum atomic E-state index is 4.80. The van der Waals surface area contributed by atoms with Crippen molar-refractivity contribution in [2.75, 3.05) is 20.1 Å². The van der Waals surface area contributed by atoms with E-state index in [1.807, 2.05) is 0 Å². The van der Waals surface area contributed by atoms with Crippen LogP contribution >= 0.6 is 0 Å². The highest BCUT2D eigenvalue weighted by atomic mass is 15.3. The van der Waals surface area contributed by atoms with Gasteiger partial charge in [0.15, 0.2) is 0 Å². The molecular formula is C16H28N4. The van der Waals surface area contributed by atoms with Gasteiger partial charge in [-0.05, 0) is 45.3 Å². The van der Waals surface area contributed by atoms with Crippen LogP contribution in [0, 0.1) is 0 Å². The average Bonchev–Trinajstić information content (AvgIpc) is 3.11. The van der Waals surface area contributed by atoms with Crippen molar-refractivity contribution in [3.8, 4) is 0 Å². The van der Waals surface area contributed by atoms with Crippen LogP contribution in [0.15, 0.2) is 12.3 Å². The molecule has 1 aliphatic carbocycles. The number of rotatable bonds is 5. The number of hydrogen-bond donors (Lipinski definition) is 1. The second-order valence-electron chi connectivity index (χ2n) is 6.57. The van der Waals surface area contributed by atoms with E-state index in [1.54, 1.807) is 0 Å². The molecule has 2 aliphatic rings. The molecule has 1 saturated carbocycles. The second kappa shape index (κ2) is 6.72. The van der Waals surface area contributed by atoms with Gasteiger partial charge >= 0.3 is 0 Å². The van der Waals surface area contributed by atoms with Crippen LogP contribution in [0.4, 0.5) is 0 Å². The average molecular weight is 276 g/mol. The first-order chi connectivity index (χ1) is 9.81. The summed E-state index contributed by atoms with van der Waals surface area (Å²) in [5, 5.41) is 8.37. The molecule has 0 bridgehead atoms. The molecule has 0 spiro atoms. The second-order valence-corrected chi connectivity index (χ2v) is 6.57. The zero-order valence-electron chi connectivity index (χ0n) is 12.7. The van der Waals surface area contributed by atoms with Crippen LogP contribution in [0.1, 0.15) is 56.7 Å². The third kappa shape index (κ3) is 3.61. The smallest absolute Gasteiger partial charge is 0.0764 e. The monoisotopic (exact) mass is 276 g/mol. The third-order valence-corrected chi connectivity index (χ3v) is 4.74. The van der Waals surface area contributed by atoms with Crippen LogP contribution in [0.5, 0.6) is 0 Å². The van der Waals surface area contributed by atoms with Gasteiger partial charge in [0.05, 0.1) is 11.7 Å². The SMILES string of the molecule is CN(Cc1ccn(C2CCCCC2)n1)CC1CCCN1. The van der Waals surface area contributed by atoms with Gasteiger partial charge in [-0.15, -0.1) is 0 Å². The molecule has 0 aromatic carbocycles. The highest BCUT2D eigenvalue weighted by molar-refractivity contribution is 5.00. The van der Waals surface area contributed by atoms with Gasteiger partial charge in [-0.2, -0.15) is 5.10 Å². The maximum Gasteiger partial charge on any atom is 0.0764 e. The maximum absolute atomic E-state index is 4.80. The Morgan fingerprint density at radius 1 is 1.25 bits per heavy atom. The van der Waals surface area contributed by atoms with Crippen molar-refractivity contribution in [3.63, 3.8) is 0 Å². The summed E-state index contributed by atoms with van der Waals surface area (Å²) in [6.07, 6.45) is 11.6. The summed E-state index contributed by atoms with van der Waals surface area (Å²) in [7, 11) is 2.21. The van der Waals surface area contributed by atoms with Crippen molar-refractivity contribution >= 4 is 0 Å². The summed E-state index contributed by atoms with van der Waals surface area (Å²) in [4.78, 5) is 2.40. The van der Waals surface area contributed by atoms with Gasteiger partial charge in [0, 0.05) is 25.3 Å². The van der Waals surface area contributed by atoms with Gasteiger partial charge < -0.3 is 5.32 Å². The summed E-state index contributed by atoms with van der Waals surface area (Å²) in [5.74, 6) is 0. The molecule has 1 unspecified atom stereocenters. The molecule has 3 rings (SSSR count). The summed E-state index contributed by atoms with van der Waals surface area (Å²) >= 11 is 0. The molecular weight excluding hydrogens is 248 g/mol. The largest absolute Gasteiger partial charge is 0.313 e. The van der Waals surface area contributed by atoms with Crippen molar-refractivity contribution in [1.82, 2.24) is 20.0 Å². The number of nitrogens with zero attached hydrogens (tertiary/aromatic N) is 3. The molecule has 2 heterocycles. The predicted molar refractivity (Wildman–Crippen MR) is 81.7 cm³/mol. The molecule has 4 nitrogen and oxygen atoms in total. The van der Waals surface area contributed by atoms with Crippen molar-refractivity contribution in [2.24, 2.45) is 0 Å². The molecule has 112 valence electrons. The topological polar surface area (TPSA) is 33.1 Å². The minimum Gasteiger partial charge on any atom is -0.313 e. The first-order valence-corrected chi connectivity index (χ1v) is 8.27. The van der Waals surface area contributed by atoms with E-state index in [2.05, 4.69) is 34.2 Å². The molecule has 20 heavy (non-hydrogen) atoms. The lowest BCUT2D eigenvalue weighted by Crippen LogP contribution is -2.35. The van der Waals surface area contributed by atoms with Crippen molar-refractivity contribution in [3.05, 3.63) is 18.0 Å². The summed E-state index contributed by atoms with van der Waals surface area (Å²) < 4.78 is 2.22. The van der Waals surface area contributed by atoms with Gasteiger partial charge in [0.1, 0.15) is 0 Å². The number of hydrogen-bond acceptors (Lipinski definition) is 3. The van der Waals surface area contributed by atoms with Crippen LogP contribution < -0.4 is 5.32 Å². The predicted octanol–water partition coefficient (Wildman–Crippen LogP) is 2.57. The van der Waals surface area contributed by atoms with Gasteiger partial charge in [-0.1, -0.05) is 19.3 Å². The van der Waals surface area contributed by atoms with Crippen LogP contribution in [0.25, 0.3) is 0 Å². The third-order valence-electron chi connectivity index (χ3n) is 4.74. The normalized spacial score (nSPS) is 24.6. The van der Waals surface area contributed by atoms with Gasteiger partial charge in [-0.25, -0.2) is 0 Å². The Labute approximate surface area is 122 Å². The lowest BCUT2D eigenvalue weighted by atomic mass is 9.96. The quantitative estimate of drug-likeness (QED) is 0.897. The van der Waals surface area contributed by atoms with E-state index in [0.717, 1.165) is 13.1 Å². The Kier molecular flexibility index (Phi) is 4.73. The molecule has 0 radical (unpaired) electrons. The Morgan fingerprint density at radius 3 is 2.85 bits per heavy atom. The van der Waals surface area contributed by atoms with E-state index in [-0.39, 0.29) is 0 Å². The highest BCUT2D eigenvalue weighted by Crippen LogP contribution is 2.27. The van der Waals surface area contributed by atoms with Gasteiger partial charge in [0.25, 0.3) is 0 Å². The Balaban J connectivity index is 1.50. The number of aromatic nitrogens is 2. The summed E-state index contributed by atoms with van der Waals surface area (Å²) in [6, 6.07) is 3.53. The van der Waals surface area contributed by atoms with Gasteiger partial charge in [0.2, 0.25) is 0 Å². The number of likely N-dealkylation sites (N-methyl/N-ethyl adjacent to an activating group) is 1. The van der Waals surface area contributed by atoms with Crippen molar-refractivity contribution in [2.45, 2.75) is 63.6 Å². The minimum absolute atomic E-state index is 0.652. The molecule has 4 heteroatoms. The molecule has 1 aromatic rings. The van der Waals surface area contributed by atoms with Crippen LogP contribution in [0.3, 0.4) is 0 Å². The molecule has 1 aromatic heterocycles. The van der Waals surface area contributed by atoms with Crippen molar-refractivity contribution in [1.29, 1.82) is 0 Å². The van der Waals surface area contributed by atoms with E-state index >= 15 is 0 Å².